The fraction of sp³-hybridized carbons (Fsp3) is 0.263. The highest BCUT2D eigenvalue weighted by atomic mass is 35.5. The number of benzene rings is 1. The van der Waals surface area contributed by atoms with E-state index in [1.807, 2.05) is 43.5 Å². The summed E-state index contributed by atoms with van der Waals surface area (Å²) in [6, 6.07) is 9.96. The van der Waals surface area contributed by atoms with Crippen LogP contribution < -0.4 is 9.80 Å². The minimum absolute atomic E-state index is 0.632. The monoisotopic (exact) mass is 395 g/mol. The van der Waals surface area contributed by atoms with Crippen LogP contribution in [0.5, 0.6) is 0 Å². The van der Waals surface area contributed by atoms with Gasteiger partial charge in [-0.15, -0.1) is 0 Å². The van der Waals surface area contributed by atoms with E-state index in [1.165, 1.54) is 0 Å². The Bertz CT molecular complexity index is 1120. The molecule has 1 saturated heterocycles. The van der Waals surface area contributed by atoms with Gasteiger partial charge in [0.05, 0.1) is 0 Å². The summed E-state index contributed by atoms with van der Waals surface area (Å²) in [5.74, 6) is 2.40. The fourth-order valence-corrected chi connectivity index (χ4v) is 3.54. The lowest BCUT2D eigenvalue weighted by Crippen LogP contribution is -2.47. The molecule has 1 fully saturated rings. The first-order chi connectivity index (χ1) is 13.7. The van der Waals surface area contributed by atoms with Gasteiger partial charge in [0.2, 0.25) is 0 Å². The van der Waals surface area contributed by atoms with Crippen LogP contribution in [-0.2, 0) is 0 Å². The van der Waals surface area contributed by atoms with Crippen LogP contribution in [0, 0.1) is 6.92 Å². The smallest absolute Gasteiger partial charge is 0.298 e. The lowest BCUT2D eigenvalue weighted by atomic mass is 10.3. The second-order valence-corrected chi connectivity index (χ2v) is 7.10. The van der Waals surface area contributed by atoms with E-state index in [1.54, 1.807) is 10.9 Å². The lowest BCUT2D eigenvalue weighted by molar-refractivity contribution is 0.540. The Morgan fingerprint density at radius 1 is 0.964 bits per heavy atom. The molecule has 0 radical (unpaired) electrons. The highest BCUT2D eigenvalue weighted by Gasteiger charge is 2.22. The molecular formula is C19H18ClN7O. The van der Waals surface area contributed by atoms with Gasteiger partial charge in [0.25, 0.3) is 6.01 Å². The van der Waals surface area contributed by atoms with E-state index in [2.05, 4.69) is 29.9 Å². The van der Waals surface area contributed by atoms with E-state index in [0.717, 1.165) is 54.7 Å². The first kappa shape index (κ1) is 17.0. The van der Waals surface area contributed by atoms with Gasteiger partial charge < -0.3 is 14.2 Å². The molecule has 1 aliphatic heterocycles. The Kier molecular flexibility index (Phi) is 4.12. The molecule has 1 aliphatic rings. The molecule has 3 aromatic heterocycles. The van der Waals surface area contributed by atoms with Crippen LogP contribution in [0.4, 0.5) is 11.8 Å². The molecule has 8 nitrogen and oxygen atoms in total. The summed E-state index contributed by atoms with van der Waals surface area (Å²) >= 11 is 6.04. The Hall–Kier alpha value is -3.13. The van der Waals surface area contributed by atoms with Crippen molar-refractivity contribution in [1.29, 1.82) is 0 Å². The van der Waals surface area contributed by atoms with Gasteiger partial charge in [0, 0.05) is 49.7 Å². The van der Waals surface area contributed by atoms with Crippen molar-refractivity contribution in [1.82, 2.24) is 24.7 Å². The van der Waals surface area contributed by atoms with Gasteiger partial charge in [-0.05, 0) is 31.2 Å². The minimum Gasteiger partial charge on any atom is -0.423 e. The van der Waals surface area contributed by atoms with Crippen LogP contribution in [0.3, 0.4) is 0 Å². The van der Waals surface area contributed by atoms with Crippen molar-refractivity contribution in [2.24, 2.45) is 0 Å². The van der Waals surface area contributed by atoms with E-state index in [0.29, 0.717) is 11.0 Å². The average molecular weight is 396 g/mol. The van der Waals surface area contributed by atoms with E-state index >= 15 is 0 Å². The first-order valence-corrected chi connectivity index (χ1v) is 9.45. The summed E-state index contributed by atoms with van der Waals surface area (Å²) in [6.45, 7) is 5.11. The number of halogens is 1. The number of piperazine rings is 1. The van der Waals surface area contributed by atoms with Crippen LogP contribution in [0.25, 0.3) is 16.9 Å². The van der Waals surface area contributed by atoms with Gasteiger partial charge >= 0.3 is 0 Å². The first-order valence-electron chi connectivity index (χ1n) is 9.07. The van der Waals surface area contributed by atoms with Gasteiger partial charge in [0.15, 0.2) is 11.4 Å². The fourth-order valence-electron chi connectivity index (χ4n) is 3.37. The SMILES string of the molecule is Cc1nc(N2CCN(c3nc4cc(Cl)ccc4o3)CC2)cc(-n2cccn2)n1. The third-order valence-corrected chi connectivity index (χ3v) is 5.00. The van der Waals surface area contributed by atoms with Gasteiger partial charge in [0.1, 0.15) is 17.2 Å². The Morgan fingerprint density at radius 2 is 1.75 bits per heavy atom. The summed E-state index contributed by atoms with van der Waals surface area (Å²) in [4.78, 5) is 18.1. The van der Waals surface area contributed by atoms with E-state index < -0.39 is 0 Å². The van der Waals surface area contributed by atoms with Crippen LogP contribution in [0.2, 0.25) is 5.02 Å². The molecule has 142 valence electrons. The maximum Gasteiger partial charge on any atom is 0.298 e. The quantitative estimate of drug-likeness (QED) is 0.527. The van der Waals surface area contributed by atoms with Gasteiger partial charge in [-0.2, -0.15) is 10.1 Å². The van der Waals surface area contributed by atoms with Gasteiger partial charge in [-0.25, -0.2) is 14.6 Å². The molecule has 0 unspecified atom stereocenters. The van der Waals surface area contributed by atoms with Crippen molar-refractivity contribution in [3.8, 4) is 5.82 Å². The lowest BCUT2D eigenvalue weighted by Gasteiger charge is -2.34. The Labute approximate surface area is 166 Å². The number of oxazole rings is 1. The maximum atomic E-state index is 6.04. The van der Waals surface area contributed by atoms with Crippen LogP contribution in [-0.4, -0.2) is 50.9 Å². The number of hydrogen-bond acceptors (Lipinski definition) is 7. The molecule has 5 rings (SSSR count). The van der Waals surface area contributed by atoms with Crippen molar-refractivity contribution in [3.05, 3.63) is 53.6 Å². The highest BCUT2D eigenvalue weighted by Crippen LogP contribution is 2.26. The predicted molar refractivity (Wildman–Crippen MR) is 107 cm³/mol. The van der Waals surface area contributed by atoms with Crippen molar-refractivity contribution >= 4 is 34.5 Å². The summed E-state index contributed by atoms with van der Waals surface area (Å²) in [6.07, 6.45) is 3.62. The van der Waals surface area contributed by atoms with Crippen molar-refractivity contribution < 1.29 is 4.42 Å². The summed E-state index contributed by atoms with van der Waals surface area (Å²) in [5.41, 5.74) is 1.53. The molecule has 1 aromatic carbocycles. The number of rotatable bonds is 3. The standard InChI is InChI=1S/C19H18ClN7O/c1-13-22-17(12-18(23-13)27-6-2-5-21-27)25-7-9-26(10-8-25)19-24-15-11-14(20)3-4-16(15)28-19/h2-6,11-12H,7-10H2,1H3. The molecule has 0 spiro atoms. The van der Waals surface area contributed by atoms with Gasteiger partial charge in [-0.1, -0.05) is 11.6 Å². The van der Waals surface area contributed by atoms with Crippen molar-refractivity contribution in [2.75, 3.05) is 36.0 Å². The summed E-state index contributed by atoms with van der Waals surface area (Å²) in [5, 5.41) is 4.92. The van der Waals surface area contributed by atoms with E-state index in [-0.39, 0.29) is 0 Å². The maximum absolute atomic E-state index is 6.04. The molecule has 28 heavy (non-hydrogen) atoms. The van der Waals surface area contributed by atoms with Crippen molar-refractivity contribution in [3.63, 3.8) is 0 Å². The van der Waals surface area contributed by atoms with Crippen molar-refractivity contribution in [2.45, 2.75) is 6.92 Å². The zero-order valence-corrected chi connectivity index (χ0v) is 16.0. The zero-order chi connectivity index (χ0) is 19.1. The van der Waals surface area contributed by atoms with Crippen LogP contribution in [0.15, 0.2) is 47.1 Å². The molecule has 0 saturated carbocycles. The zero-order valence-electron chi connectivity index (χ0n) is 15.3. The molecule has 0 aliphatic carbocycles. The number of aryl methyl sites for hydroxylation is 1. The average Bonchev–Trinajstić information content (AvgIpc) is 3.37. The molecule has 0 atom stereocenters. The minimum atomic E-state index is 0.632. The topological polar surface area (TPSA) is 76.1 Å². The summed E-state index contributed by atoms with van der Waals surface area (Å²) in [7, 11) is 0. The third-order valence-electron chi connectivity index (χ3n) is 4.76. The number of nitrogens with zero attached hydrogens (tertiary/aromatic N) is 7. The Balaban J connectivity index is 1.34. The number of fused-ring (bicyclic) bond motifs is 1. The molecular weight excluding hydrogens is 378 g/mol. The molecule has 4 heterocycles. The molecule has 9 heteroatoms. The van der Waals surface area contributed by atoms with Gasteiger partial charge in [-0.3, -0.25) is 0 Å². The number of anilines is 2. The second kappa shape index (κ2) is 6.79. The predicted octanol–water partition coefficient (Wildman–Crippen LogP) is 3.09. The van der Waals surface area contributed by atoms with Crippen LogP contribution >= 0.6 is 11.6 Å². The van der Waals surface area contributed by atoms with E-state index in [4.69, 9.17) is 16.0 Å². The van der Waals surface area contributed by atoms with E-state index in [9.17, 15) is 0 Å². The molecule has 4 aromatic rings. The third kappa shape index (κ3) is 3.16. The molecule has 0 bridgehead atoms. The molecule has 0 N–H and O–H groups in total. The normalized spacial score (nSPS) is 14.8. The highest BCUT2D eigenvalue weighted by molar-refractivity contribution is 6.31. The van der Waals surface area contributed by atoms with Crippen LogP contribution in [0.1, 0.15) is 5.82 Å². The largest absolute Gasteiger partial charge is 0.423 e. The Morgan fingerprint density at radius 3 is 2.54 bits per heavy atom. The number of hydrogen-bond donors (Lipinski definition) is 0. The summed E-state index contributed by atoms with van der Waals surface area (Å²) < 4.78 is 7.64. The molecule has 0 amide bonds. The second-order valence-electron chi connectivity index (χ2n) is 6.66. The number of aromatic nitrogens is 5.